The molecular formula is C44H36N4O. The summed E-state index contributed by atoms with van der Waals surface area (Å²) < 4.78 is 11.1. The third kappa shape index (κ3) is 4.61. The summed E-state index contributed by atoms with van der Waals surface area (Å²) in [6.07, 6.45) is 5.83. The number of nitrogens with zero attached hydrogens (tertiary/aromatic N) is 4. The van der Waals surface area contributed by atoms with Crippen molar-refractivity contribution in [3.63, 3.8) is 0 Å². The van der Waals surface area contributed by atoms with Crippen LogP contribution in [0.25, 0.3) is 66.1 Å². The minimum absolute atomic E-state index is 0.395. The largest absolute Gasteiger partial charge is 0.457 e. The molecule has 0 unspecified atom stereocenters. The number of benzene rings is 5. The fraction of sp³-hybridized carbons (Fsp3) is 0.136. The van der Waals surface area contributed by atoms with Gasteiger partial charge in [-0.15, -0.1) is 0 Å². The lowest BCUT2D eigenvalue weighted by Gasteiger charge is -2.22. The van der Waals surface area contributed by atoms with Crippen LogP contribution in [-0.4, -0.2) is 18.9 Å². The topological polar surface area (TPSA) is 44.3 Å². The number of hydrogen-bond donors (Lipinski definition) is 0. The van der Waals surface area contributed by atoms with Crippen LogP contribution in [0.3, 0.4) is 0 Å². The molecule has 0 radical (unpaired) electrons. The Kier molecular flexibility index (Phi) is 6.76. The van der Waals surface area contributed by atoms with Crippen LogP contribution < -0.4 is 4.74 Å². The van der Waals surface area contributed by atoms with Gasteiger partial charge in [-0.25, -0.2) is 9.97 Å². The minimum Gasteiger partial charge on any atom is -0.457 e. The zero-order valence-corrected chi connectivity index (χ0v) is 28.1. The van der Waals surface area contributed by atoms with E-state index in [1.54, 1.807) is 0 Å². The number of rotatable bonds is 6. The van der Waals surface area contributed by atoms with Gasteiger partial charge in [0.1, 0.15) is 23.0 Å². The lowest BCUT2D eigenvalue weighted by Crippen LogP contribution is -2.02. The van der Waals surface area contributed by atoms with Gasteiger partial charge in [0.05, 0.1) is 16.6 Å². The molecule has 0 N–H and O–H groups in total. The molecule has 5 aromatic carbocycles. The third-order valence-corrected chi connectivity index (χ3v) is 9.84. The van der Waals surface area contributed by atoms with Crippen molar-refractivity contribution in [2.75, 3.05) is 0 Å². The first kappa shape index (κ1) is 29.2. The van der Waals surface area contributed by atoms with E-state index in [1.165, 1.54) is 38.5 Å². The first-order valence-electron chi connectivity index (χ1n) is 17.0. The first-order chi connectivity index (χ1) is 24.0. The predicted molar refractivity (Wildman–Crippen MR) is 202 cm³/mol. The number of fused-ring (bicyclic) bond motifs is 9. The number of imidazole rings is 1. The molecule has 0 saturated carbocycles. The van der Waals surface area contributed by atoms with Crippen LogP contribution in [0.1, 0.15) is 50.7 Å². The van der Waals surface area contributed by atoms with Crippen molar-refractivity contribution >= 4 is 49.1 Å². The van der Waals surface area contributed by atoms with E-state index in [2.05, 4.69) is 145 Å². The van der Waals surface area contributed by atoms with E-state index in [4.69, 9.17) is 9.72 Å². The summed E-state index contributed by atoms with van der Waals surface area (Å²) in [5, 5.41) is 5.75. The summed E-state index contributed by atoms with van der Waals surface area (Å²) in [7, 11) is 0. The molecule has 0 fully saturated rings. The molecule has 4 heterocycles. The van der Waals surface area contributed by atoms with Crippen LogP contribution in [0.2, 0.25) is 0 Å². The summed E-state index contributed by atoms with van der Waals surface area (Å²) in [6, 6.07) is 40.7. The number of pyridine rings is 2. The fourth-order valence-corrected chi connectivity index (χ4v) is 7.66. The summed E-state index contributed by atoms with van der Waals surface area (Å²) in [5.74, 6) is 3.19. The zero-order chi connectivity index (χ0) is 33.2. The van der Waals surface area contributed by atoms with Crippen LogP contribution in [-0.2, 0) is 0 Å². The molecule has 49 heavy (non-hydrogen) atoms. The average molecular weight is 637 g/mol. The van der Waals surface area contributed by atoms with E-state index in [9.17, 15) is 0 Å². The molecule has 238 valence electrons. The van der Waals surface area contributed by atoms with Gasteiger partial charge in [-0.3, -0.25) is 8.97 Å². The van der Waals surface area contributed by atoms with E-state index in [0.29, 0.717) is 11.8 Å². The first-order valence-corrected chi connectivity index (χ1v) is 17.0. The van der Waals surface area contributed by atoms with Crippen LogP contribution in [0.5, 0.6) is 11.5 Å². The Labute approximate surface area is 285 Å². The maximum atomic E-state index is 6.63. The molecule has 0 spiro atoms. The maximum Gasteiger partial charge on any atom is 0.145 e. The molecule has 5 heteroatoms. The van der Waals surface area contributed by atoms with Gasteiger partial charge in [-0.2, -0.15) is 0 Å². The SMILES string of the molecule is CC(C)c1cccc(C(C)C)c1-c1cccc2c3ccc(Oc4ccc5c6ccccc6n(-c6ccccn6)c5c4)cc3c3nccn3c12. The molecule has 0 amide bonds. The van der Waals surface area contributed by atoms with Gasteiger partial charge in [0, 0.05) is 51.8 Å². The predicted octanol–water partition coefficient (Wildman–Crippen LogP) is 11.8. The quantitative estimate of drug-likeness (QED) is 0.171. The van der Waals surface area contributed by atoms with E-state index < -0.39 is 0 Å². The summed E-state index contributed by atoms with van der Waals surface area (Å²) in [6.45, 7) is 9.14. The van der Waals surface area contributed by atoms with Gasteiger partial charge in [0.15, 0.2) is 0 Å². The van der Waals surface area contributed by atoms with Crippen molar-refractivity contribution in [3.05, 3.63) is 145 Å². The van der Waals surface area contributed by atoms with Crippen LogP contribution >= 0.6 is 0 Å². The maximum absolute atomic E-state index is 6.63. The smallest absolute Gasteiger partial charge is 0.145 e. The standard InChI is InChI=1S/C44H36N4O/c1-27(2)31-12-9-13-32(28(3)4)42(31)37-15-10-14-36-33-20-18-29(25-38(33)44-46-23-24-47(44)43(36)37)49-30-19-21-35-34-11-5-6-16-39(34)48(40(35)26-30)41-17-7-8-22-45-41/h5-28H,1-4H3. The molecule has 0 aliphatic rings. The normalized spacial score (nSPS) is 12.0. The van der Waals surface area contributed by atoms with Crippen molar-refractivity contribution in [1.82, 2.24) is 18.9 Å². The van der Waals surface area contributed by atoms with Crippen molar-refractivity contribution in [2.45, 2.75) is 39.5 Å². The van der Waals surface area contributed by atoms with Crippen LogP contribution in [0.15, 0.2) is 134 Å². The Morgan fingerprint density at radius 2 is 1.24 bits per heavy atom. The highest BCUT2D eigenvalue weighted by molar-refractivity contribution is 6.15. The highest BCUT2D eigenvalue weighted by Crippen LogP contribution is 2.42. The van der Waals surface area contributed by atoms with Gasteiger partial charge in [0.25, 0.3) is 0 Å². The second-order valence-electron chi connectivity index (χ2n) is 13.5. The Bertz CT molecular complexity index is 2670. The number of para-hydroxylation sites is 2. The molecule has 0 aliphatic heterocycles. The summed E-state index contributed by atoms with van der Waals surface area (Å²) in [4.78, 5) is 9.59. The van der Waals surface area contributed by atoms with Gasteiger partial charge in [0.2, 0.25) is 0 Å². The van der Waals surface area contributed by atoms with E-state index in [0.717, 1.165) is 50.2 Å². The van der Waals surface area contributed by atoms with Gasteiger partial charge in [-0.1, -0.05) is 88.4 Å². The number of ether oxygens (including phenoxy) is 1. The van der Waals surface area contributed by atoms with Crippen molar-refractivity contribution in [3.8, 4) is 28.4 Å². The monoisotopic (exact) mass is 636 g/mol. The summed E-state index contributed by atoms with van der Waals surface area (Å²) in [5.41, 5.74) is 9.58. The van der Waals surface area contributed by atoms with E-state index in [1.807, 2.05) is 30.6 Å². The lowest BCUT2D eigenvalue weighted by atomic mass is 9.84. The Hall–Kier alpha value is -5.94. The van der Waals surface area contributed by atoms with Crippen molar-refractivity contribution in [2.24, 2.45) is 0 Å². The minimum atomic E-state index is 0.395. The molecule has 0 atom stereocenters. The third-order valence-electron chi connectivity index (χ3n) is 9.84. The van der Waals surface area contributed by atoms with Gasteiger partial charge in [-0.05, 0) is 82.4 Å². The molecular weight excluding hydrogens is 601 g/mol. The summed E-state index contributed by atoms with van der Waals surface area (Å²) >= 11 is 0. The molecule has 0 bridgehead atoms. The second kappa shape index (κ2) is 11.3. The van der Waals surface area contributed by atoms with Gasteiger partial charge >= 0.3 is 0 Å². The molecule has 0 saturated heterocycles. The highest BCUT2D eigenvalue weighted by Gasteiger charge is 2.21. The average Bonchev–Trinajstić information content (AvgIpc) is 3.75. The molecule has 5 nitrogen and oxygen atoms in total. The van der Waals surface area contributed by atoms with Crippen molar-refractivity contribution < 1.29 is 4.74 Å². The second-order valence-corrected chi connectivity index (χ2v) is 13.5. The number of hydrogen-bond acceptors (Lipinski definition) is 3. The lowest BCUT2D eigenvalue weighted by molar-refractivity contribution is 0.484. The van der Waals surface area contributed by atoms with Gasteiger partial charge < -0.3 is 4.74 Å². The Balaban J connectivity index is 1.21. The van der Waals surface area contributed by atoms with Crippen molar-refractivity contribution in [1.29, 1.82) is 0 Å². The Morgan fingerprint density at radius 1 is 0.551 bits per heavy atom. The highest BCUT2D eigenvalue weighted by atomic mass is 16.5. The zero-order valence-electron chi connectivity index (χ0n) is 28.1. The molecule has 4 aromatic heterocycles. The molecule has 9 rings (SSSR count). The molecule has 0 aliphatic carbocycles. The number of aromatic nitrogens is 4. The Morgan fingerprint density at radius 3 is 2.02 bits per heavy atom. The van der Waals surface area contributed by atoms with E-state index in [-0.39, 0.29) is 0 Å². The fourth-order valence-electron chi connectivity index (χ4n) is 7.66. The van der Waals surface area contributed by atoms with E-state index >= 15 is 0 Å². The van der Waals surface area contributed by atoms with Crippen LogP contribution in [0.4, 0.5) is 0 Å². The van der Waals surface area contributed by atoms with Crippen LogP contribution in [0, 0.1) is 0 Å². The molecule has 9 aromatic rings.